The van der Waals surface area contributed by atoms with E-state index >= 15 is 0 Å². The van der Waals surface area contributed by atoms with E-state index in [0.717, 1.165) is 51.5 Å². The molecule has 0 aliphatic carbocycles. The fourth-order valence-corrected chi connectivity index (χ4v) is 2.86. The van der Waals surface area contributed by atoms with Gasteiger partial charge < -0.3 is 19.6 Å². The first-order valence-corrected chi connectivity index (χ1v) is 7.91. The SMILES string of the molecule is CN1CCN(C(=O)c2cc(N3CCN(C=O)CC3)ncn2)CC1. The summed E-state index contributed by atoms with van der Waals surface area (Å²) in [6.07, 6.45) is 2.32. The zero-order valence-corrected chi connectivity index (χ0v) is 13.4. The highest BCUT2D eigenvalue weighted by atomic mass is 16.2. The molecule has 2 aliphatic rings. The topological polar surface area (TPSA) is 72.9 Å². The van der Waals surface area contributed by atoms with Crippen LogP contribution >= 0.6 is 0 Å². The maximum atomic E-state index is 12.6. The number of piperazine rings is 2. The van der Waals surface area contributed by atoms with Gasteiger partial charge in [-0.2, -0.15) is 0 Å². The van der Waals surface area contributed by atoms with Gasteiger partial charge in [0.25, 0.3) is 5.91 Å². The highest BCUT2D eigenvalue weighted by Crippen LogP contribution is 2.15. The molecule has 0 saturated carbocycles. The normalized spacial score (nSPS) is 19.8. The summed E-state index contributed by atoms with van der Waals surface area (Å²) >= 11 is 0. The molecule has 124 valence electrons. The molecule has 0 unspecified atom stereocenters. The minimum absolute atomic E-state index is 0.0340. The molecule has 3 heterocycles. The minimum Gasteiger partial charge on any atom is -0.353 e. The lowest BCUT2D eigenvalue weighted by Crippen LogP contribution is -2.47. The van der Waals surface area contributed by atoms with E-state index in [4.69, 9.17) is 0 Å². The van der Waals surface area contributed by atoms with Crippen molar-refractivity contribution in [1.29, 1.82) is 0 Å². The van der Waals surface area contributed by atoms with Crippen LogP contribution in [0.4, 0.5) is 5.82 Å². The summed E-state index contributed by atoms with van der Waals surface area (Å²) in [4.78, 5) is 39.7. The smallest absolute Gasteiger partial charge is 0.272 e. The van der Waals surface area contributed by atoms with Crippen molar-refractivity contribution in [1.82, 2.24) is 24.7 Å². The average molecular weight is 318 g/mol. The molecule has 3 rings (SSSR count). The molecule has 2 amide bonds. The van der Waals surface area contributed by atoms with Gasteiger partial charge in [-0.15, -0.1) is 0 Å². The van der Waals surface area contributed by atoms with Crippen molar-refractivity contribution in [2.75, 3.05) is 64.3 Å². The van der Waals surface area contributed by atoms with Crippen LogP contribution in [0.15, 0.2) is 12.4 Å². The van der Waals surface area contributed by atoms with Gasteiger partial charge in [-0.1, -0.05) is 0 Å². The molecule has 2 fully saturated rings. The molecule has 0 radical (unpaired) electrons. The second-order valence-corrected chi connectivity index (χ2v) is 5.99. The van der Waals surface area contributed by atoms with Crippen LogP contribution < -0.4 is 4.90 Å². The van der Waals surface area contributed by atoms with E-state index < -0.39 is 0 Å². The summed E-state index contributed by atoms with van der Waals surface area (Å²) in [6, 6.07) is 1.76. The maximum Gasteiger partial charge on any atom is 0.272 e. The Labute approximate surface area is 135 Å². The number of hydrogen-bond acceptors (Lipinski definition) is 6. The molecule has 0 N–H and O–H groups in total. The van der Waals surface area contributed by atoms with Crippen LogP contribution in [-0.4, -0.2) is 96.4 Å². The number of anilines is 1. The Kier molecular flexibility index (Phi) is 4.71. The number of likely N-dealkylation sites (N-methyl/N-ethyl adjacent to an activating group) is 1. The Bertz CT molecular complexity index is 565. The van der Waals surface area contributed by atoms with Gasteiger partial charge in [-0.05, 0) is 7.05 Å². The third-order valence-electron chi connectivity index (χ3n) is 4.45. The van der Waals surface area contributed by atoms with Crippen LogP contribution in [0.25, 0.3) is 0 Å². The summed E-state index contributed by atoms with van der Waals surface area (Å²) in [5, 5.41) is 0. The molecule has 0 aromatic carbocycles. The summed E-state index contributed by atoms with van der Waals surface area (Å²) in [5.74, 6) is 0.719. The van der Waals surface area contributed by atoms with Crippen molar-refractivity contribution >= 4 is 18.1 Å². The second kappa shape index (κ2) is 6.91. The maximum absolute atomic E-state index is 12.6. The van der Waals surface area contributed by atoms with E-state index in [2.05, 4.69) is 26.8 Å². The Balaban J connectivity index is 1.67. The first-order chi connectivity index (χ1) is 11.2. The van der Waals surface area contributed by atoms with Crippen molar-refractivity contribution in [3.8, 4) is 0 Å². The van der Waals surface area contributed by atoms with E-state index in [-0.39, 0.29) is 5.91 Å². The third-order valence-corrected chi connectivity index (χ3v) is 4.45. The first kappa shape index (κ1) is 15.7. The highest BCUT2D eigenvalue weighted by Gasteiger charge is 2.23. The predicted molar refractivity (Wildman–Crippen MR) is 85.3 cm³/mol. The van der Waals surface area contributed by atoms with Gasteiger partial charge in [0.15, 0.2) is 0 Å². The third kappa shape index (κ3) is 3.58. The molecule has 0 atom stereocenters. The van der Waals surface area contributed by atoms with Crippen molar-refractivity contribution in [2.24, 2.45) is 0 Å². The molecule has 8 heteroatoms. The van der Waals surface area contributed by atoms with Gasteiger partial charge in [0.2, 0.25) is 6.41 Å². The lowest BCUT2D eigenvalue weighted by atomic mass is 10.2. The summed E-state index contributed by atoms with van der Waals surface area (Å²) in [7, 11) is 2.06. The minimum atomic E-state index is -0.0340. The number of amides is 2. The Morgan fingerprint density at radius 2 is 1.74 bits per heavy atom. The largest absolute Gasteiger partial charge is 0.353 e. The predicted octanol–water partition coefficient (Wildman–Crippen LogP) is -0.857. The van der Waals surface area contributed by atoms with E-state index in [1.807, 2.05) is 4.90 Å². The van der Waals surface area contributed by atoms with Crippen LogP contribution in [0.3, 0.4) is 0 Å². The van der Waals surface area contributed by atoms with Crippen molar-refractivity contribution in [3.05, 3.63) is 18.1 Å². The molecule has 0 bridgehead atoms. The average Bonchev–Trinajstić information content (AvgIpc) is 2.62. The van der Waals surface area contributed by atoms with Gasteiger partial charge in [-0.25, -0.2) is 9.97 Å². The summed E-state index contributed by atoms with van der Waals surface area (Å²) in [6.45, 7) is 6.02. The molecule has 2 aliphatic heterocycles. The van der Waals surface area contributed by atoms with Crippen LogP contribution in [0, 0.1) is 0 Å². The van der Waals surface area contributed by atoms with Crippen LogP contribution in [-0.2, 0) is 4.79 Å². The molecule has 23 heavy (non-hydrogen) atoms. The summed E-state index contributed by atoms with van der Waals surface area (Å²) in [5.41, 5.74) is 0.442. The monoisotopic (exact) mass is 318 g/mol. The Morgan fingerprint density at radius 3 is 2.39 bits per heavy atom. The Morgan fingerprint density at radius 1 is 1.04 bits per heavy atom. The van der Waals surface area contributed by atoms with E-state index in [0.29, 0.717) is 18.8 Å². The fourth-order valence-electron chi connectivity index (χ4n) is 2.86. The number of hydrogen-bond donors (Lipinski definition) is 0. The number of rotatable bonds is 3. The zero-order valence-electron chi connectivity index (χ0n) is 13.4. The van der Waals surface area contributed by atoms with Gasteiger partial charge in [0.1, 0.15) is 17.8 Å². The number of nitrogens with zero attached hydrogens (tertiary/aromatic N) is 6. The van der Waals surface area contributed by atoms with E-state index in [1.165, 1.54) is 6.33 Å². The fraction of sp³-hybridized carbons (Fsp3) is 0.600. The molecule has 1 aromatic heterocycles. The number of carbonyl (C=O) groups is 2. The van der Waals surface area contributed by atoms with Gasteiger partial charge in [0, 0.05) is 58.4 Å². The standard InChI is InChI=1S/C15H22N6O2/c1-18-2-6-21(7-3-18)15(23)13-10-14(17-11-16-13)20-8-4-19(12-22)5-9-20/h10-12H,2-9H2,1H3. The molecule has 2 saturated heterocycles. The van der Waals surface area contributed by atoms with Crippen molar-refractivity contribution in [2.45, 2.75) is 0 Å². The first-order valence-electron chi connectivity index (χ1n) is 7.91. The lowest BCUT2D eigenvalue weighted by Gasteiger charge is -2.34. The Hall–Kier alpha value is -2.22. The van der Waals surface area contributed by atoms with E-state index in [1.54, 1.807) is 11.0 Å². The van der Waals surface area contributed by atoms with Crippen molar-refractivity contribution in [3.63, 3.8) is 0 Å². The van der Waals surface area contributed by atoms with Gasteiger partial charge in [-0.3, -0.25) is 9.59 Å². The van der Waals surface area contributed by atoms with Crippen LogP contribution in [0.1, 0.15) is 10.5 Å². The lowest BCUT2D eigenvalue weighted by molar-refractivity contribution is -0.118. The van der Waals surface area contributed by atoms with Crippen LogP contribution in [0.5, 0.6) is 0 Å². The molecular weight excluding hydrogens is 296 g/mol. The molecule has 1 aromatic rings. The number of carbonyl (C=O) groups excluding carboxylic acids is 2. The highest BCUT2D eigenvalue weighted by molar-refractivity contribution is 5.93. The van der Waals surface area contributed by atoms with Gasteiger partial charge in [0.05, 0.1) is 0 Å². The molecule has 8 nitrogen and oxygen atoms in total. The zero-order chi connectivity index (χ0) is 16.2. The second-order valence-electron chi connectivity index (χ2n) is 5.99. The van der Waals surface area contributed by atoms with Gasteiger partial charge >= 0.3 is 0 Å². The van der Waals surface area contributed by atoms with Crippen LogP contribution in [0.2, 0.25) is 0 Å². The van der Waals surface area contributed by atoms with Crippen molar-refractivity contribution < 1.29 is 9.59 Å². The molecular formula is C15H22N6O2. The quantitative estimate of drug-likeness (QED) is 0.676. The number of aromatic nitrogens is 2. The summed E-state index contributed by atoms with van der Waals surface area (Å²) < 4.78 is 0. The molecule has 0 spiro atoms. The van der Waals surface area contributed by atoms with E-state index in [9.17, 15) is 9.59 Å².